The first-order valence-electron chi connectivity index (χ1n) is 4.95. The summed E-state index contributed by atoms with van der Waals surface area (Å²) in [5.74, 6) is 0. The lowest BCUT2D eigenvalue weighted by molar-refractivity contribution is -0.0856. The van der Waals surface area contributed by atoms with Gasteiger partial charge in [0.2, 0.25) is 0 Å². The molecule has 2 heterocycles. The smallest absolute Gasteiger partial charge is 0.0645 e. The van der Waals surface area contributed by atoms with E-state index < -0.39 is 0 Å². The van der Waals surface area contributed by atoms with E-state index in [1.807, 2.05) is 0 Å². The number of likely N-dealkylation sites (tertiary alicyclic amines) is 1. The molecule has 2 fully saturated rings. The highest BCUT2D eigenvalue weighted by atomic mass is 16.5. The van der Waals surface area contributed by atoms with Crippen LogP contribution in [0.15, 0.2) is 0 Å². The van der Waals surface area contributed by atoms with Gasteiger partial charge in [-0.1, -0.05) is 6.42 Å². The molecule has 0 amide bonds. The van der Waals surface area contributed by atoms with E-state index >= 15 is 0 Å². The first kappa shape index (κ1) is 8.48. The highest BCUT2D eigenvalue weighted by molar-refractivity contribution is 4.86. The summed E-state index contributed by atoms with van der Waals surface area (Å²) in [6, 6.07) is 1.31. The molecule has 0 unspecified atom stereocenters. The van der Waals surface area contributed by atoms with Gasteiger partial charge in [-0.3, -0.25) is 4.90 Å². The molecule has 2 saturated heterocycles. The first-order valence-corrected chi connectivity index (χ1v) is 4.95. The molecule has 0 aliphatic carbocycles. The molecule has 1 atom stereocenters. The van der Waals surface area contributed by atoms with Crippen molar-refractivity contribution in [2.75, 3.05) is 26.3 Å². The third-order valence-corrected chi connectivity index (χ3v) is 3.03. The van der Waals surface area contributed by atoms with Crippen LogP contribution in [0.2, 0.25) is 0 Å². The van der Waals surface area contributed by atoms with Crippen LogP contribution < -0.4 is 5.73 Å². The summed E-state index contributed by atoms with van der Waals surface area (Å²) >= 11 is 0. The van der Waals surface area contributed by atoms with Crippen LogP contribution in [0.3, 0.4) is 0 Å². The molecule has 0 bridgehead atoms. The fourth-order valence-electron chi connectivity index (χ4n) is 2.17. The molecule has 2 N–H and O–H groups in total. The summed E-state index contributed by atoms with van der Waals surface area (Å²) in [6.45, 7) is 3.90. The molecule has 2 aliphatic heterocycles. The van der Waals surface area contributed by atoms with Crippen molar-refractivity contribution in [3.8, 4) is 0 Å². The summed E-state index contributed by atoms with van der Waals surface area (Å²) in [5.41, 5.74) is 5.73. The predicted octanol–water partition coefficient (Wildman–Crippen LogP) is 0.198. The maximum absolute atomic E-state index is 5.73. The van der Waals surface area contributed by atoms with Crippen LogP contribution in [0.5, 0.6) is 0 Å². The Morgan fingerprint density at radius 2 is 2.17 bits per heavy atom. The third-order valence-electron chi connectivity index (χ3n) is 3.03. The van der Waals surface area contributed by atoms with E-state index in [0.717, 1.165) is 19.8 Å². The molecule has 3 nitrogen and oxygen atoms in total. The number of nitrogens with two attached hydrogens (primary N) is 1. The van der Waals surface area contributed by atoms with Gasteiger partial charge < -0.3 is 10.5 Å². The monoisotopic (exact) mass is 170 g/mol. The van der Waals surface area contributed by atoms with E-state index in [0.29, 0.717) is 12.1 Å². The maximum atomic E-state index is 5.73. The van der Waals surface area contributed by atoms with Crippen LogP contribution in [0, 0.1) is 0 Å². The van der Waals surface area contributed by atoms with Crippen LogP contribution in [0.4, 0.5) is 0 Å². The Kier molecular flexibility index (Phi) is 2.63. The van der Waals surface area contributed by atoms with Crippen molar-refractivity contribution in [3.05, 3.63) is 0 Å². The highest BCUT2D eigenvalue weighted by Crippen LogP contribution is 2.22. The molecule has 70 valence electrons. The number of rotatable bonds is 2. The maximum Gasteiger partial charge on any atom is 0.0645 e. The molecule has 0 aromatic carbocycles. The summed E-state index contributed by atoms with van der Waals surface area (Å²) in [4.78, 5) is 2.55. The zero-order valence-corrected chi connectivity index (χ0v) is 7.54. The largest absolute Gasteiger partial charge is 0.378 e. The Morgan fingerprint density at radius 1 is 1.33 bits per heavy atom. The lowest BCUT2D eigenvalue weighted by atomic mass is 9.99. The van der Waals surface area contributed by atoms with Crippen molar-refractivity contribution in [2.24, 2.45) is 5.73 Å². The molecular weight excluding hydrogens is 152 g/mol. The second kappa shape index (κ2) is 3.73. The Balaban J connectivity index is 1.90. The number of piperidine rings is 1. The fraction of sp³-hybridized carbons (Fsp3) is 1.00. The average Bonchev–Trinajstić information content (AvgIpc) is 2.02. The lowest BCUT2D eigenvalue weighted by Crippen LogP contribution is -2.56. The quantitative estimate of drug-likeness (QED) is 0.643. The van der Waals surface area contributed by atoms with E-state index in [1.165, 1.54) is 25.8 Å². The molecular formula is C9H18N2O. The topological polar surface area (TPSA) is 38.5 Å². The Hall–Kier alpha value is -0.120. The molecule has 0 saturated carbocycles. The normalized spacial score (nSPS) is 33.2. The van der Waals surface area contributed by atoms with Gasteiger partial charge in [0.1, 0.15) is 0 Å². The predicted molar refractivity (Wildman–Crippen MR) is 48.0 cm³/mol. The van der Waals surface area contributed by atoms with Crippen molar-refractivity contribution >= 4 is 0 Å². The van der Waals surface area contributed by atoms with Crippen molar-refractivity contribution in [1.82, 2.24) is 4.90 Å². The van der Waals surface area contributed by atoms with Gasteiger partial charge in [-0.2, -0.15) is 0 Å². The van der Waals surface area contributed by atoms with Crippen LogP contribution in [0.1, 0.15) is 19.3 Å². The van der Waals surface area contributed by atoms with Crippen molar-refractivity contribution < 1.29 is 4.74 Å². The van der Waals surface area contributed by atoms with Crippen LogP contribution in [0.25, 0.3) is 0 Å². The van der Waals surface area contributed by atoms with Crippen LogP contribution >= 0.6 is 0 Å². The summed E-state index contributed by atoms with van der Waals surface area (Å²) in [7, 11) is 0. The number of nitrogens with zero attached hydrogens (tertiary/aromatic N) is 1. The van der Waals surface area contributed by atoms with Crippen LogP contribution in [-0.2, 0) is 4.74 Å². The minimum atomic E-state index is 0.632. The van der Waals surface area contributed by atoms with Gasteiger partial charge in [0, 0.05) is 12.6 Å². The van der Waals surface area contributed by atoms with Crippen LogP contribution in [-0.4, -0.2) is 43.3 Å². The Bertz CT molecular complexity index is 147. The van der Waals surface area contributed by atoms with E-state index in [9.17, 15) is 0 Å². The van der Waals surface area contributed by atoms with Gasteiger partial charge in [-0.25, -0.2) is 0 Å². The zero-order chi connectivity index (χ0) is 8.39. The lowest BCUT2D eigenvalue weighted by Gasteiger charge is -2.44. The Morgan fingerprint density at radius 3 is 2.75 bits per heavy atom. The SMILES string of the molecule is NC[C@H]1CCCCN1C1COC1. The number of hydrogen-bond acceptors (Lipinski definition) is 3. The van der Waals surface area contributed by atoms with E-state index in [1.54, 1.807) is 0 Å². The van der Waals surface area contributed by atoms with Gasteiger partial charge in [-0.15, -0.1) is 0 Å². The van der Waals surface area contributed by atoms with Gasteiger partial charge in [0.05, 0.1) is 19.3 Å². The molecule has 3 heteroatoms. The second-order valence-corrected chi connectivity index (χ2v) is 3.81. The number of hydrogen-bond donors (Lipinski definition) is 1. The van der Waals surface area contributed by atoms with Gasteiger partial charge >= 0.3 is 0 Å². The number of ether oxygens (including phenoxy) is 1. The van der Waals surface area contributed by atoms with Gasteiger partial charge in [-0.05, 0) is 19.4 Å². The fourth-order valence-corrected chi connectivity index (χ4v) is 2.17. The summed E-state index contributed by atoms with van der Waals surface area (Å²) in [6.07, 6.45) is 3.98. The minimum absolute atomic E-state index is 0.632. The van der Waals surface area contributed by atoms with Gasteiger partial charge in [0.25, 0.3) is 0 Å². The molecule has 0 aromatic rings. The van der Waals surface area contributed by atoms with E-state index in [2.05, 4.69) is 4.90 Å². The molecule has 2 rings (SSSR count). The molecule has 12 heavy (non-hydrogen) atoms. The zero-order valence-electron chi connectivity index (χ0n) is 7.54. The van der Waals surface area contributed by atoms with E-state index in [4.69, 9.17) is 10.5 Å². The van der Waals surface area contributed by atoms with Gasteiger partial charge in [0.15, 0.2) is 0 Å². The second-order valence-electron chi connectivity index (χ2n) is 3.81. The molecule has 0 radical (unpaired) electrons. The minimum Gasteiger partial charge on any atom is -0.378 e. The summed E-state index contributed by atoms with van der Waals surface area (Å²) in [5, 5.41) is 0. The highest BCUT2D eigenvalue weighted by Gasteiger charge is 2.32. The Labute approximate surface area is 73.9 Å². The first-order chi connectivity index (χ1) is 5.92. The van der Waals surface area contributed by atoms with Crippen molar-refractivity contribution in [2.45, 2.75) is 31.3 Å². The molecule has 0 aromatic heterocycles. The average molecular weight is 170 g/mol. The van der Waals surface area contributed by atoms with Crippen molar-refractivity contribution in [1.29, 1.82) is 0 Å². The molecule has 0 spiro atoms. The van der Waals surface area contributed by atoms with E-state index in [-0.39, 0.29) is 0 Å². The molecule has 2 aliphatic rings. The third kappa shape index (κ3) is 1.49. The standard InChI is InChI=1S/C9H18N2O/c10-5-8-3-1-2-4-11(8)9-6-12-7-9/h8-9H,1-7,10H2/t8-/m1/s1. The van der Waals surface area contributed by atoms with Crippen molar-refractivity contribution in [3.63, 3.8) is 0 Å². The summed E-state index contributed by atoms with van der Waals surface area (Å²) < 4.78 is 5.20.